The van der Waals surface area contributed by atoms with Crippen LogP contribution < -0.4 is 10.1 Å². The Labute approximate surface area is 128 Å². The van der Waals surface area contributed by atoms with Gasteiger partial charge in [-0.25, -0.2) is 0 Å². The van der Waals surface area contributed by atoms with Crippen LogP contribution in [0, 0.1) is 5.92 Å². The molecule has 2 aliphatic rings. The third-order valence-electron chi connectivity index (χ3n) is 4.61. The van der Waals surface area contributed by atoms with Gasteiger partial charge in [-0.2, -0.15) is 0 Å². The maximum atomic E-state index is 5.75. The van der Waals surface area contributed by atoms with Gasteiger partial charge in [0.25, 0.3) is 0 Å². The number of piperidine rings is 1. The van der Waals surface area contributed by atoms with Gasteiger partial charge in [-0.05, 0) is 69.8 Å². The zero-order chi connectivity index (χ0) is 14.3. The molecule has 0 amide bonds. The Bertz CT molecular complexity index is 397. The molecule has 1 N–H and O–H groups in total. The number of ether oxygens (including phenoxy) is 1. The van der Waals surface area contributed by atoms with Crippen molar-refractivity contribution in [2.45, 2.75) is 38.1 Å². The van der Waals surface area contributed by atoms with E-state index in [1.54, 1.807) is 0 Å². The minimum atomic E-state index is 0.766. The number of likely N-dealkylation sites (tertiary alicyclic amines) is 1. The molecule has 1 aliphatic carbocycles. The Morgan fingerprint density at radius 3 is 2.52 bits per heavy atom. The lowest BCUT2D eigenvalue weighted by atomic mass is 10.0. The van der Waals surface area contributed by atoms with Crippen molar-refractivity contribution in [2.24, 2.45) is 5.92 Å². The highest BCUT2D eigenvalue weighted by molar-refractivity contribution is 5.20. The molecule has 1 aliphatic heterocycles. The molecule has 0 spiro atoms. The fourth-order valence-corrected chi connectivity index (χ4v) is 3.01. The molecule has 0 unspecified atom stereocenters. The largest absolute Gasteiger partial charge is 0.494 e. The maximum absolute atomic E-state index is 5.75. The molecule has 1 aromatic rings. The van der Waals surface area contributed by atoms with Crippen LogP contribution in [-0.4, -0.2) is 43.7 Å². The molecule has 0 atom stereocenters. The number of benzene rings is 1. The topological polar surface area (TPSA) is 24.5 Å². The van der Waals surface area contributed by atoms with Crippen LogP contribution in [0.5, 0.6) is 5.75 Å². The summed E-state index contributed by atoms with van der Waals surface area (Å²) in [5.41, 5.74) is 0. The highest BCUT2D eigenvalue weighted by Crippen LogP contribution is 2.28. The minimum absolute atomic E-state index is 0.766. The van der Waals surface area contributed by atoms with E-state index in [2.05, 4.69) is 10.2 Å². The Kier molecular flexibility index (Phi) is 5.53. The average Bonchev–Trinajstić information content (AvgIpc) is 3.36. The minimum Gasteiger partial charge on any atom is -0.494 e. The van der Waals surface area contributed by atoms with Crippen molar-refractivity contribution in [3.63, 3.8) is 0 Å². The first kappa shape index (κ1) is 14.9. The summed E-state index contributed by atoms with van der Waals surface area (Å²) in [6, 6.07) is 10.9. The Morgan fingerprint density at radius 1 is 1.05 bits per heavy atom. The van der Waals surface area contributed by atoms with Gasteiger partial charge in [0.2, 0.25) is 0 Å². The first-order valence-electron chi connectivity index (χ1n) is 8.54. The molecule has 1 saturated heterocycles. The van der Waals surface area contributed by atoms with Crippen molar-refractivity contribution in [3.8, 4) is 5.75 Å². The first-order chi connectivity index (χ1) is 10.4. The number of rotatable bonds is 8. The standard InChI is InChI=1S/C18H28N2O/c1-2-5-18(6-3-1)21-14-4-11-20-12-9-17(10-13-20)19-15-16-7-8-16/h1-3,5-6,16-17,19H,4,7-15H2. The molecule has 2 fully saturated rings. The lowest BCUT2D eigenvalue weighted by molar-refractivity contribution is 0.182. The molecule has 3 rings (SSSR count). The quantitative estimate of drug-likeness (QED) is 0.744. The van der Waals surface area contributed by atoms with Crippen LogP contribution in [0.2, 0.25) is 0 Å². The highest BCUT2D eigenvalue weighted by atomic mass is 16.5. The number of hydrogen-bond acceptors (Lipinski definition) is 3. The summed E-state index contributed by atoms with van der Waals surface area (Å²) in [6.45, 7) is 5.74. The van der Waals surface area contributed by atoms with Gasteiger partial charge in [0.1, 0.15) is 5.75 Å². The van der Waals surface area contributed by atoms with Gasteiger partial charge in [0.15, 0.2) is 0 Å². The molecule has 116 valence electrons. The molecule has 21 heavy (non-hydrogen) atoms. The average molecular weight is 288 g/mol. The summed E-state index contributed by atoms with van der Waals surface area (Å²) in [5.74, 6) is 1.98. The van der Waals surface area contributed by atoms with E-state index in [9.17, 15) is 0 Å². The fraction of sp³-hybridized carbons (Fsp3) is 0.667. The smallest absolute Gasteiger partial charge is 0.119 e. The molecule has 0 aromatic heterocycles. The molecule has 3 heteroatoms. The number of nitrogens with zero attached hydrogens (tertiary/aromatic N) is 1. The molecule has 3 nitrogen and oxygen atoms in total. The van der Waals surface area contributed by atoms with Crippen LogP contribution in [0.4, 0.5) is 0 Å². The van der Waals surface area contributed by atoms with Gasteiger partial charge in [-0.3, -0.25) is 0 Å². The van der Waals surface area contributed by atoms with Gasteiger partial charge in [-0.15, -0.1) is 0 Å². The van der Waals surface area contributed by atoms with E-state index in [1.807, 2.05) is 30.3 Å². The van der Waals surface area contributed by atoms with Crippen molar-refractivity contribution in [1.82, 2.24) is 10.2 Å². The molecule has 1 heterocycles. The second kappa shape index (κ2) is 7.81. The SMILES string of the molecule is c1ccc(OCCCN2CCC(NCC3CC3)CC2)cc1. The monoisotopic (exact) mass is 288 g/mol. The van der Waals surface area contributed by atoms with E-state index in [0.29, 0.717) is 0 Å². The van der Waals surface area contributed by atoms with E-state index < -0.39 is 0 Å². The summed E-state index contributed by atoms with van der Waals surface area (Å²) in [5, 5.41) is 3.74. The van der Waals surface area contributed by atoms with Crippen LogP contribution >= 0.6 is 0 Å². The molecule has 1 saturated carbocycles. The van der Waals surface area contributed by atoms with Gasteiger partial charge in [-0.1, -0.05) is 18.2 Å². The van der Waals surface area contributed by atoms with E-state index in [-0.39, 0.29) is 0 Å². The van der Waals surface area contributed by atoms with Crippen molar-refractivity contribution in [1.29, 1.82) is 0 Å². The zero-order valence-corrected chi connectivity index (χ0v) is 13.0. The highest BCUT2D eigenvalue weighted by Gasteiger charge is 2.24. The lowest BCUT2D eigenvalue weighted by Crippen LogP contribution is -2.43. The molecule has 0 radical (unpaired) electrons. The Balaban J connectivity index is 1.23. The Morgan fingerprint density at radius 2 is 1.81 bits per heavy atom. The zero-order valence-electron chi connectivity index (χ0n) is 13.0. The second-order valence-electron chi connectivity index (χ2n) is 6.48. The van der Waals surface area contributed by atoms with Gasteiger partial charge in [0, 0.05) is 12.6 Å². The third kappa shape index (κ3) is 5.33. The van der Waals surface area contributed by atoms with Crippen molar-refractivity contribution >= 4 is 0 Å². The van der Waals surface area contributed by atoms with Crippen molar-refractivity contribution in [2.75, 3.05) is 32.8 Å². The number of nitrogens with one attached hydrogen (secondary N) is 1. The summed E-state index contributed by atoms with van der Waals surface area (Å²) < 4.78 is 5.75. The third-order valence-corrected chi connectivity index (χ3v) is 4.61. The first-order valence-corrected chi connectivity index (χ1v) is 8.54. The van der Waals surface area contributed by atoms with E-state index in [4.69, 9.17) is 4.74 Å². The predicted octanol–water partition coefficient (Wildman–Crippen LogP) is 2.92. The molecular formula is C18H28N2O. The normalized spacial score (nSPS) is 20.6. The summed E-state index contributed by atoms with van der Waals surface area (Å²) in [6.07, 6.45) is 6.65. The second-order valence-corrected chi connectivity index (χ2v) is 6.48. The fourth-order valence-electron chi connectivity index (χ4n) is 3.01. The molecule has 0 bridgehead atoms. The van der Waals surface area contributed by atoms with Gasteiger partial charge >= 0.3 is 0 Å². The Hall–Kier alpha value is -1.06. The maximum Gasteiger partial charge on any atom is 0.119 e. The van der Waals surface area contributed by atoms with Crippen molar-refractivity contribution in [3.05, 3.63) is 30.3 Å². The van der Waals surface area contributed by atoms with Crippen molar-refractivity contribution < 1.29 is 4.74 Å². The molecule has 1 aromatic carbocycles. The van der Waals surface area contributed by atoms with Gasteiger partial charge < -0.3 is 15.0 Å². The summed E-state index contributed by atoms with van der Waals surface area (Å²) in [4.78, 5) is 2.59. The number of para-hydroxylation sites is 1. The van der Waals surface area contributed by atoms with E-state index >= 15 is 0 Å². The number of hydrogen-bond donors (Lipinski definition) is 1. The predicted molar refractivity (Wildman–Crippen MR) is 86.7 cm³/mol. The summed E-state index contributed by atoms with van der Waals surface area (Å²) >= 11 is 0. The van der Waals surface area contributed by atoms with E-state index in [0.717, 1.165) is 30.7 Å². The van der Waals surface area contributed by atoms with Crippen LogP contribution in [0.25, 0.3) is 0 Å². The van der Waals surface area contributed by atoms with E-state index in [1.165, 1.54) is 51.9 Å². The van der Waals surface area contributed by atoms with Crippen LogP contribution in [0.15, 0.2) is 30.3 Å². The van der Waals surface area contributed by atoms with Crippen LogP contribution in [-0.2, 0) is 0 Å². The molecular weight excluding hydrogens is 260 g/mol. The van der Waals surface area contributed by atoms with Crippen LogP contribution in [0.1, 0.15) is 32.1 Å². The van der Waals surface area contributed by atoms with Crippen LogP contribution in [0.3, 0.4) is 0 Å². The lowest BCUT2D eigenvalue weighted by Gasteiger charge is -2.32. The van der Waals surface area contributed by atoms with Gasteiger partial charge in [0.05, 0.1) is 6.61 Å². The summed E-state index contributed by atoms with van der Waals surface area (Å²) in [7, 11) is 0.